The SMILES string of the molecule is O=Cc1cnc2[nH]ncc2c1CCl. The molecule has 66 valence electrons. The number of nitrogens with zero attached hydrogens (tertiary/aromatic N) is 2. The summed E-state index contributed by atoms with van der Waals surface area (Å²) in [4.78, 5) is 14.6. The van der Waals surface area contributed by atoms with Crippen molar-refractivity contribution in [3.63, 3.8) is 0 Å². The van der Waals surface area contributed by atoms with Crippen LogP contribution in [0, 0.1) is 0 Å². The smallest absolute Gasteiger partial charge is 0.155 e. The molecule has 0 saturated heterocycles. The molecule has 13 heavy (non-hydrogen) atoms. The highest BCUT2D eigenvalue weighted by Crippen LogP contribution is 2.19. The van der Waals surface area contributed by atoms with E-state index >= 15 is 0 Å². The maximum Gasteiger partial charge on any atom is 0.155 e. The van der Waals surface area contributed by atoms with Gasteiger partial charge < -0.3 is 0 Å². The molecule has 0 aliphatic heterocycles. The normalized spacial score (nSPS) is 10.5. The Morgan fingerprint density at radius 3 is 3.08 bits per heavy atom. The molecule has 0 bridgehead atoms. The van der Waals surface area contributed by atoms with Gasteiger partial charge in [0.15, 0.2) is 11.9 Å². The maximum absolute atomic E-state index is 10.6. The van der Waals surface area contributed by atoms with Crippen LogP contribution in [0.3, 0.4) is 0 Å². The number of hydrogen-bond acceptors (Lipinski definition) is 3. The maximum atomic E-state index is 10.6. The largest absolute Gasteiger partial charge is 0.298 e. The van der Waals surface area contributed by atoms with Crippen LogP contribution in [-0.2, 0) is 5.88 Å². The van der Waals surface area contributed by atoms with Gasteiger partial charge >= 0.3 is 0 Å². The number of carbonyl (C=O) groups is 1. The molecule has 0 aliphatic rings. The van der Waals surface area contributed by atoms with E-state index in [-0.39, 0.29) is 5.88 Å². The zero-order chi connectivity index (χ0) is 9.26. The molecule has 0 amide bonds. The predicted octanol–water partition coefficient (Wildman–Crippen LogP) is 1.51. The second-order valence-corrected chi connectivity index (χ2v) is 2.84. The van der Waals surface area contributed by atoms with E-state index in [1.807, 2.05) is 0 Å². The lowest BCUT2D eigenvalue weighted by atomic mass is 10.1. The summed E-state index contributed by atoms with van der Waals surface area (Å²) in [6, 6.07) is 0. The Morgan fingerprint density at radius 2 is 2.38 bits per heavy atom. The van der Waals surface area contributed by atoms with Crippen LogP contribution in [0.1, 0.15) is 15.9 Å². The highest BCUT2D eigenvalue weighted by atomic mass is 35.5. The Labute approximate surface area is 78.9 Å². The number of rotatable bonds is 2. The van der Waals surface area contributed by atoms with Gasteiger partial charge in [-0.2, -0.15) is 5.10 Å². The summed E-state index contributed by atoms with van der Waals surface area (Å²) in [6.07, 6.45) is 3.86. The highest BCUT2D eigenvalue weighted by Gasteiger charge is 2.07. The van der Waals surface area contributed by atoms with Gasteiger partial charge in [0, 0.05) is 23.0 Å². The van der Waals surface area contributed by atoms with Crippen LogP contribution in [0.2, 0.25) is 0 Å². The van der Waals surface area contributed by atoms with Gasteiger partial charge in [-0.3, -0.25) is 9.89 Å². The number of carbonyl (C=O) groups excluding carboxylic acids is 1. The molecule has 0 fully saturated rings. The molecule has 0 atom stereocenters. The first-order valence-electron chi connectivity index (χ1n) is 3.69. The standard InChI is InChI=1S/C8H6ClN3O/c9-1-6-5(4-13)2-10-8-7(6)3-11-12-8/h2-4H,1H2,(H,10,11,12). The number of hydrogen-bond donors (Lipinski definition) is 1. The molecule has 2 rings (SSSR count). The van der Waals surface area contributed by atoms with Crippen molar-refractivity contribution in [2.24, 2.45) is 0 Å². The number of aromatic nitrogens is 3. The molecule has 2 heterocycles. The molecule has 0 unspecified atom stereocenters. The van der Waals surface area contributed by atoms with E-state index < -0.39 is 0 Å². The fourth-order valence-electron chi connectivity index (χ4n) is 1.22. The zero-order valence-corrected chi connectivity index (χ0v) is 7.38. The monoisotopic (exact) mass is 195 g/mol. The number of aldehydes is 1. The topological polar surface area (TPSA) is 58.6 Å². The van der Waals surface area contributed by atoms with E-state index in [1.54, 1.807) is 6.20 Å². The summed E-state index contributed by atoms with van der Waals surface area (Å²) in [5.74, 6) is 0.284. The van der Waals surface area contributed by atoms with Gasteiger partial charge in [-0.25, -0.2) is 4.98 Å². The average molecular weight is 196 g/mol. The molecule has 0 saturated carbocycles. The Morgan fingerprint density at radius 1 is 1.54 bits per heavy atom. The van der Waals surface area contributed by atoms with Crippen molar-refractivity contribution in [1.82, 2.24) is 15.2 Å². The highest BCUT2D eigenvalue weighted by molar-refractivity contribution is 6.18. The van der Waals surface area contributed by atoms with Gasteiger partial charge in [0.2, 0.25) is 0 Å². The van der Waals surface area contributed by atoms with Crippen molar-refractivity contribution in [3.05, 3.63) is 23.5 Å². The summed E-state index contributed by atoms with van der Waals surface area (Å²) in [5.41, 5.74) is 1.94. The Balaban J connectivity index is 2.81. The molecular formula is C8H6ClN3O. The summed E-state index contributed by atoms with van der Waals surface area (Å²) >= 11 is 5.72. The van der Waals surface area contributed by atoms with Gasteiger partial charge in [-0.05, 0) is 5.56 Å². The van der Waals surface area contributed by atoms with Crippen LogP contribution in [-0.4, -0.2) is 21.5 Å². The van der Waals surface area contributed by atoms with E-state index in [4.69, 9.17) is 11.6 Å². The fourth-order valence-corrected chi connectivity index (χ4v) is 1.52. The second-order valence-electron chi connectivity index (χ2n) is 2.58. The van der Waals surface area contributed by atoms with E-state index in [1.165, 1.54) is 6.20 Å². The second kappa shape index (κ2) is 3.14. The first kappa shape index (κ1) is 8.19. The van der Waals surface area contributed by atoms with Crippen LogP contribution in [0.25, 0.3) is 11.0 Å². The Kier molecular flexibility index (Phi) is 1.98. The minimum Gasteiger partial charge on any atom is -0.298 e. The van der Waals surface area contributed by atoms with Gasteiger partial charge in [0.05, 0.1) is 6.20 Å². The lowest BCUT2D eigenvalue weighted by Gasteiger charge is -1.99. The van der Waals surface area contributed by atoms with Crippen LogP contribution >= 0.6 is 11.6 Å². The first-order valence-corrected chi connectivity index (χ1v) is 4.22. The summed E-state index contributed by atoms with van der Waals surface area (Å²) in [6.45, 7) is 0. The third-order valence-electron chi connectivity index (χ3n) is 1.89. The molecule has 4 nitrogen and oxygen atoms in total. The lowest BCUT2D eigenvalue weighted by Crippen LogP contribution is -1.92. The zero-order valence-electron chi connectivity index (χ0n) is 6.62. The van der Waals surface area contributed by atoms with Crippen molar-refractivity contribution in [1.29, 1.82) is 0 Å². The van der Waals surface area contributed by atoms with E-state index in [2.05, 4.69) is 15.2 Å². The number of aromatic amines is 1. The van der Waals surface area contributed by atoms with Crippen LogP contribution < -0.4 is 0 Å². The van der Waals surface area contributed by atoms with Gasteiger partial charge in [-0.1, -0.05) is 0 Å². The van der Waals surface area contributed by atoms with E-state index in [9.17, 15) is 4.79 Å². The first-order chi connectivity index (χ1) is 6.36. The van der Waals surface area contributed by atoms with E-state index in [0.29, 0.717) is 11.2 Å². The van der Waals surface area contributed by atoms with Crippen LogP contribution in [0.4, 0.5) is 0 Å². The molecule has 1 N–H and O–H groups in total. The molecule has 0 aromatic carbocycles. The minimum absolute atomic E-state index is 0.284. The van der Waals surface area contributed by atoms with Crippen LogP contribution in [0.15, 0.2) is 12.4 Å². The summed E-state index contributed by atoms with van der Waals surface area (Å²) < 4.78 is 0. The molecule has 2 aromatic rings. The predicted molar refractivity (Wildman–Crippen MR) is 48.8 cm³/mol. The third-order valence-corrected chi connectivity index (χ3v) is 2.15. The molecule has 0 spiro atoms. The van der Waals surface area contributed by atoms with Crippen molar-refractivity contribution in [3.8, 4) is 0 Å². The number of nitrogens with one attached hydrogen (secondary N) is 1. The van der Waals surface area contributed by atoms with E-state index in [0.717, 1.165) is 17.2 Å². The molecule has 2 aromatic heterocycles. The van der Waals surface area contributed by atoms with Crippen molar-refractivity contribution < 1.29 is 4.79 Å². The molecule has 5 heteroatoms. The fraction of sp³-hybridized carbons (Fsp3) is 0.125. The van der Waals surface area contributed by atoms with Gasteiger partial charge in [-0.15, -0.1) is 11.6 Å². The van der Waals surface area contributed by atoms with Crippen LogP contribution in [0.5, 0.6) is 0 Å². The minimum atomic E-state index is 0.284. The number of fused-ring (bicyclic) bond motifs is 1. The average Bonchev–Trinajstić information content (AvgIpc) is 2.63. The van der Waals surface area contributed by atoms with Gasteiger partial charge in [0.1, 0.15) is 0 Å². The number of halogens is 1. The van der Waals surface area contributed by atoms with Crippen molar-refractivity contribution in [2.75, 3.05) is 0 Å². The Bertz CT molecular complexity index is 452. The molecular weight excluding hydrogens is 190 g/mol. The number of H-pyrrole nitrogens is 1. The van der Waals surface area contributed by atoms with Gasteiger partial charge in [0.25, 0.3) is 0 Å². The summed E-state index contributed by atoms with van der Waals surface area (Å²) in [7, 11) is 0. The van der Waals surface area contributed by atoms with Crippen molar-refractivity contribution >= 4 is 28.9 Å². The number of alkyl halides is 1. The van der Waals surface area contributed by atoms with Crippen molar-refractivity contribution in [2.45, 2.75) is 5.88 Å². The quantitative estimate of drug-likeness (QED) is 0.584. The molecule has 0 aliphatic carbocycles. The summed E-state index contributed by atoms with van der Waals surface area (Å²) in [5, 5.41) is 7.34. The molecule has 0 radical (unpaired) electrons. The number of pyridine rings is 1. The lowest BCUT2D eigenvalue weighted by molar-refractivity contribution is 0.112. The third kappa shape index (κ3) is 1.19. The Hall–Kier alpha value is -1.42.